The molecule has 2 aromatic rings. The molecule has 136 valence electrons. The van der Waals surface area contributed by atoms with E-state index in [1.807, 2.05) is 55.5 Å². The zero-order valence-corrected chi connectivity index (χ0v) is 16.0. The first-order chi connectivity index (χ1) is 12.6. The van der Waals surface area contributed by atoms with Gasteiger partial charge < -0.3 is 9.74 Å². The van der Waals surface area contributed by atoms with Crippen molar-refractivity contribution in [2.45, 2.75) is 32.4 Å². The highest BCUT2D eigenvalue weighted by Gasteiger charge is 2.27. The van der Waals surface area contributed by atoms with E-state index in [1.54, 1.807) is 4.90 Å². The first-order valence-electron chi connectivity index (χ1n) is 8.56. The second-order valence-corrected chi connectivity index (χ2v) is 7.05. The predicted molar refractivity (Wildman–Crippen MR) is 105 cm³/mol. The van der Waals surface area contributed by atoms with Crippen molar-refractivity contribution in [1.82, 2.24) is 4.90 Å². The Kier molecular flexibility index (Phi) is 6.17. The van der Waals surface area contributed by atoms with Gasteiger partial charge in [0.15, 0.2) is 6.10 Å². The van der Waals surface area contributed by atoms with Gasteiger partial charge in [-0.1, -0.05) is 65.6 Å². The van der Waals surface area contributed by atoms with Crippen LogP contribution < -0.4 is 0 Å². The van der Waals surface area contributed by atoms with Crippen LogP contribution in [0.25, 0.3) is 0 Å². The number of nitrogens with zero attached hydrogens (tertiary/aromatic N) is 2. The maximum atomic E-state index is 12.4. The van der Waals surface area contributed by atoms with Crippen LogP contribution in [0, 0.1) is 0 Å². The van der Waals surface area contributed by atoms with Gasteiger partial charge in [0.25, 0.3) is 0 Å². The second-order valence-electron chi connectivity index (χ2n) is 6.21. The molecular weight excluding hydrogens is 371 g/mol. The number of oxime groups is 1. The van der Waals surface area contributed by atoms with Crippen LogP contribution in [0.3, 0.4) is 0 Å². The van der Waals surface area contributed by atoms with Gasteiger partial charge in [-0.25, -0.2) is 0 Å². The van der Waals surface area contributed by atoms with Gasteiger partial charge >= 0.3 is 0 Å². The summed E-state index contributed by atoms with van der Waals surface area (Å²) in [7, 11) is 0. The van der Waals surface area contributed by atoms with Crippen LogP contribution in [-0.4, -0.2) is 29.2 Å². The van der Waals surface area contributed by atoms with Gasteiger partial charge in [-0.2, -0.15) is 0 Å². The van der Waals surface area contributed by atoms with Crippen LogP contribution in [0.1, 0.15) is 30.9 Å². The third-order valence-corrected chi connectivity index (χ3v) is 4.82. The van der Waals surface area contributed by atoms with E-state index in [2.05, 4.69) is 5.16 Å². The van der Waals surface area contributed by atoms with E-state index in [4.69, 9.17) is 28.0 Å². The number of amides is 1. The van der Waals surface area contributed by atoms with Crippen LogP contribution in [0.5, 0.6) is 0 Å². The van der Waals surface area contributed by atoms with E-state index < -0.39 is 0 Å². The first kappa shape index (κ1) is 18.7. The van der Waals surface area contributed by atoms with Crippen molar-refractivity contribution in [3.05, 3.63) is 69.7 Å². The third-order valence-electron chi connectivity index (χ3n) is 4.26. The molecular formula is C20H20Cl2N2O2. The fourth-order valence-electron chi connectivity index (χ4n) is 2.96. The van der Waals surface area contributed by atoms with Gasteiger partial charge in [-0.3, -0.25) is 4.79 Å². The SMILES string of the molecule is CCC(=O)N(Cc1cccc(Cl)c1)C[C@@H]1CC(c2ccccc2Cl)=NO1. The number of carbonyl (C=O) groups is 1. The molecule has 0 unspecified atom stereocenters. The lowest BCUT2D eigenvalue weighted by Crippen LogP contribution is -2.36. The molecule has 6 heteroatoms. The van der Waals surface area contributed by atoms with E-state index in [-0.39, 0.29) is 12.0 Å². The molecule has 1 aliphatic rings. The number of benzene rings is 2. The van der Waals surface area contributed by atoms with Crippen LogP contribution in [0.2, 0.25) is 10.0 Å². The molecule has 0 saturated heterocycles. The summed E-state index contributed by atoms with van der Waals surface area (Å²) in [5.41, 5.74) is 2.68. The molecule has 0 aromatic heterocycles. The van der Waals surface area contributed by atoms with E-state index in [1.165, 1.54) is 0 Å². The monoisotopic (exact) mass is 390 g/mol. The Balaban J connectivity index is 1.67. The quantitative estimate of drug-likeness (QED) is 0.701. The minimum absolute atomic E-state index is 0.0692. The van der Waals surface area contributed by atoms with Crippen molar-refractivity contribution in [3.63, 3.8) is 0 Å². The third kappa shape index (κ3) is 4.57. The highest BCUT2D eigenvalue weighted by molar-refractivity contribution is 6.34. The average molecular weight is 391 g/mol. The van der Waals surface area contributed by atoms with E-state index in [0.717, 1.165) is 16.8 Å². The Hall–Kier alpha value is -2.04. The van der Waals surface area contributed by atoms with Crippen LogP contribution in [-0.2, 0) is 16.2 Å². The number of hydrogen-bond acceptors (Lipinski definition) is 3. The molecule has 2 aromatic carbocycles. The minimum atomic E-state index is -0.184. The van der Waals surface area contributed by atoms with Crippen LogP contribution >= 0.6 is 23.2 Å². The fourth-order valence-corrected chi connectivity index (χ4v) is 3.42. The highest BCUT2D eigenvalue weighted by Crippen LogP contribution is 2.24. The number of halogens is 2. The zero-order chi connectivity index (χ0) is 18.5. The normalized spacial score (nSPS) is 16.1. The Labute approximate surface area is 163 Å². The molecule has 26 heavy (non-hydrogen) atoms. The van der Waals surface area contributed by atoms with Crippen molar-refractivity contribution >= 4 is 34.8 Å². The maximum Gasteiger partial charge on any atom is 0.222 e. The largest absolute Gasteiger partial charge is 0.390 e. The van der Waals surface area contributed by atoms with Crippen molar-refractivity contribution in [3.8, 4) is 0 Å². The van der Waals surface area contributed by atoms with Crippen LogP contribution in [0.4, 0.5) is 0 Å². The average Bonchev–Trinajstić information content (AvgIpc) is 3.09. The van der Waals surface area contributed by atoms with Crippen molar-refractivity contribution < 1.29 is 9.63 Å². The van der Waals surface area contributed by atoms with Gasteiger partial charge in [-0.15, -0.1) is 0 Å². The lowest BCUT2D eigenvalue weighted by atomic mass is 10.0. The summed E-state index contributed by atoms with van der Waals surface area (Å²) in [6.07, 6.45) is 0.870. The summed E-state index contributed by atoms with van der Waals surface area (Å²) in [5.74, 6) is 0.0692. The zero-order valence-electron chi connectivity index (χ0n) is 14.5. The first-order valence-corrected chi connectivity index (χ1v) is 9.32. The number of rotatable bonds is 6. The Morgan fingerprint density at radius 3 is 2.77 bits per heavy atom. The predicted octanol–water partition coefficient (Wildman–Crippen LogP) is 4.93. The topological polar surface area (TPSA) is 41.9 Å². The molecule has 1 heterocycles. The highest BCUT2D eigenvalue weighted by atomic mass is 35.5. The molecule has 4 nitrogen and oxygen atoms in total. The van der Waals surface area contributed by atoms with Gasteiger partial charge in [0.1, 0.15) is 0 Å². The molecule has 0 radical (unpaired) electrons. The molecule has 0 bridgehead atoms. The Morgan fingerprint density at radius 2 is 2.04 bits per heavy atom. The maximum absolute atomic E-state index is 12.4. The van der Waals surface area contributed by atoms with Gasteiger partial charge in [0, 0.05) is 35.0 Å². The summed E-state index contributed by atoms with van der Waals surface area (Å²) in [6, 6.07) is 15.1. The van der Waals surface area contributed by atoms with E-state index in [0.29, 0.717) is 36.0 Å². The molecule has 1 atom stereocenters. The fraction of sp³-hybridized carbons (Fsp3) is 0.300. The summed E-state index contributed by atoms with van der Waals surface area (Å²) < 4.78 is 0. The van der Waals surface area contributed by atoms with E-state index >= 15 is 0 Å². The minimum Gasteiger partial charge on any atom is -0.390 e. The smallest absolute Gasteiger partial charge is 0.222 e. The molecule has 0 N–H and O–H groups in total. The lowest BCUT2D eigenvalue weighted by Gasteiger charge is -2.24. The van der Waals surface area contributed by atoms with Crippen molar-refractivity contribution in [2.24, 2.45) is 5.16 Å². The van der Waals surface area contributed by atoms with Crippen molar-refractivity contribution in [2.75, 3.05) is 6.54 Å². The summed E-state index contributed by atoms with van der Waals surface area (Å²) in [4.78, 5) is 19.7. The molecule has 0 spiro atoms. The van der Waals surface area contributed by atoms with E-state index in [9.17, 15) is 4.79 Å². The molecule has 0 aliphatic carbocycles. The number of hydrogen-bond donors (Lipinski definition) is 0. The second kappa shape index (κ2) is 8.56. The molecule has 0 saturated carbocycles. The van der Waals surface area contributed by atoms with Gasteiger partial charge in [0.05, 0.1) is 12.3 Å². The summed E-state index contributed by atoms with van der Waals surface area (Å²) in [5, 5.41) is 5.49. The molecule has 1 aliphatic heterocycles. The summed E-state index contributed by atoms with van der Waals surface area (Å²) >= 11 is 12.3. The summed E-state index contributed by atoms with van der Waals surface area (Å²) in [6.45, 7) is 2.82. The van der Waals surface area contributed by atoms with Gasteiger partial charge in [0.2, 0.25) is 5.91 Å². The standard InChI is InChI=1S/C20H20Cl2N2O2/c1-2-20(25)24(12-14-6-5-7-15(21)10-14)13-16-11-19(23-26-16)17-8-3-4-9-18(17)22/h3-10,16H,2,11-13H2,1H3/t16-/m0/s1. The molecule has 1 amide bonds. The Morgan fingerprint density at radius 1 is 1.23 bits per heavy atom. The molecule has 3 rings (SSSR count). The lowest BCUT2D eigenvalue weighted by molar-refractivity contribution is -0.133. The van der Waals surface area contributed by atoms with Crippen LogP contribution in [0.15, 0.2) is 53.7 Å². The Bertz CT molecular complexity index is 823. The number of carbonyl (C=O) groups excluding carboxylic acids is 1. The van der Waals surface area contributed by atoms with Crippen molar-refractivity contribution in [1.29, 1.82) is 0 Å². The molecule has 0 fully saturated rings. The van der Waals surface area contributed by atoms with Gasteiger partial charge in [-0.05, 0) is 23.8 Å².